The number of rotatable bonds is 6. The third-order valence-corrected chi connectivity index (χ3v) is 6.95. The summed E-state index contributed by atoms with van der Waals surface area (Å²) in [4.78, 5) is 12.7. The lowest BCUT2D eigenvalue weighted by Crippen LogP contribution is -2.32. The molecule has 1 aliphatic rings. The molecule has 1 saturated heterocycles. The van der Waals surface area contributed by atoms with Gasteiger partial charge in [0.25, 0.3) is 5.91 Å². The number of ether oxygens (including phenoxy) is 1. The lowest BCUT2D eigenvalue weighted by atomic mass is 10.1. The Morgan fingerprint density at radius 1 is 1.10 bits per heavy atom. The number of amides is 1. The van der Waals surface area contributed by atoms with E-state index in [1.54, 1.807) is 6.07 Å². The third-order valence-electron chi connectivity index (χ3n) is 5.05. The second kappa shape index (κ2) is 8.73. The molecule has 156 valence electrons. The number of sulfonamides is 1. The Hall–Kier alpha value is -2.45. The van der Waals surface area contributed by atoms with Crippen molar-refractivity contribution < 1.29 is 17.9 Å². The summed E-state index contributed by atoms with van der Waals surface area (Å²) in [6, 6.07) is 17.5. The van der Waals surface area contributed by atoms with Gasteiger partial charge in [-0.25, -0.2) is 13.1 Å². The highest BCUT2D eigenvalue weighted by Crippen LogP contribution is 2.26. The van der Waals surface area contributed by atoms with Crippen LogP contribution in [0.4, 0.5) is 5.69 Å². The first kappa shape index (κ1) is 20.8. The number of fused-ring (bicyclic) bond motifs is 1. The van der Waals surface area contributed by atoms with Crippen LogP contribution in [0.3, 0.4) is 0 Å². The third kappa shape index (κ3) is 4.49. The Kier molecular flexibility index (Phi) is 6.06. The van der Waals surface area contributed by atoms with Crippen molar-refractivity contribution >= 4 is 44.0 Å². The van der Waals surface area contributed by atoms with Crippen molar-refractivity contribution in [3.8, 4) is 0 Å². The van der Waals surface area contributed by atoms with E-state index in [2.05, 4.69) is 10.0 Å². The predicted molar refractivity (Wildman–Crippen MR) is 118 cm³/mol. The van der Waals surface area contributed by atoms with Crippen LogP contribution in [0.15, 0.2) is 65.6 Å². The zero-order valence-electron chi connectivity index (χ0n) is 16.1. The molecule has 0 bridgehead atoms. The minimum Gasteiger partial charge on any atom is -0.377 e. The van der Waals surface area contributed by atoms with Crippen LogP contribution in [0.25, 0.3) is 10.8 Å². The van der Waals surface area contributed by atoms with E-state index in [-0.39, 0.29) is 28.1 Å². The molecular weight excluding hydrogens is 424 g/mol. The molecule has 0 aliphatic carbocycles. The second-order valence-corrected chi connectivity index (χ2v) is 9.26. The summed E-state index contributed by atoms with van der Waals surface area (Å²) < 4.78 is 33.5. The summed E-state index contributed by atoms with van der Waals surface area (Å²) in [6.07, 6.45) is 1.58. The minimum absolute atomic E-state index is 0.0524. The number of carbonyl (C=O) groups is 1. The van der Waals surface area contributed by atoms with Gasteiger partial charge in [-0.15, -0.1) is 0 Å². The van der Waals surface area contributed by atoms with E-state index in [4.69, 9.17) is 16.3 Å². The molecule has 1 atom stereocenters. The van der Waals surface area contributed by atoms with Crippen LogP contribution >= 0.6 is 11.6 Å². The Morgan fingerprint density at radius 3 is 2.70 bits per heavy atom. The van der Waals surface area contributed by atoms with E-state index in [1.807, 2.05) is 36.4 Å². The van der Waals surface area contributed by atoms with Crippen molar-refractivity contribution in [3.63, 3.8) is 0 Å². The highest BCUT2D eigenvalue weighted by Gasteiger charge is 2.23. The maximum atomic E-state index is 12.8. The highest BCUT2D eigenvalue weighted by atomic mass is 35.5. The van der Waals surface area contributed by atoms with Crippen LogP contribution in [0, 0.1) is 0 Å². The quantitative estimate of drug-likeness (QED) is 0.596. The van der Waals surface area contributed by atoms with Gasteiger partial charge in [0.2, 0.25) is 10.0 Å². The van der Waals surface area contributed by atoms with Crippen LogP contribution in [-0.2, 0) is 14.8 Å². The summed E-state index contributed by atoms with van der Waals surface area (Å²) in [6.45, 7) is 0.808. The minimum atomic E-state index is -3.88. The summed E-state index contributed by atoms with van der Waals surface area (Å²) in [5, 5.41) is 4.80. The summed E-state index contributed by atoms with van der Waals surface area (Å²) in [5.74, 6) is -0.418. The van der Waals surface area contributed by atoms with Gasteiger partial charge >= 0.3 is 0 Å². The van der Waals surface area contributed by atoms with Crippen molar-refractivity contribution in [1.29, 1.82) is 0 Å². The van der Waals surface area contributed by atoms with Crippen molar-refractivity contribution in [2.24, 2.45) is 0 Å². The molecule has 30 heavy (non-hydrogen) atoms. The van der Waals surface area contributed by atoms with Gasteiger partial charge in [-0.2, -0.15) is 0 Å². The van der Waals surface area contributed by atoms with E-state index in [0.717, 1.165) is 23.6 Å². The molecule has 3 aromatic rings. The lowest BCUT2D eigenvalue weighted by Gasteiger charge is -2.13. The van der Waals surface area contributed by atoms with E-state index in [9.17, 15) is 13.2 Å². The smallest absolute Gasteiger partial charge is 0.255 e. The average molecular weight is 445 g/mol. The largest absolute Gasteiger partial charge is 0.377 e. The summed E-state index contributed by atoms with van der Waals surface area (Å²) in [7, 11) is -3.88. The maximum absolute atomic E-state index is 12.8. The van der Waals surface area contributed by atoms with Crippen LogP contribution in [0.1, 0.15) is 23.2 Å². The van der Waals surface area contributed by atoms with Crippen LogP contribution in [0.5, 0.6) is 0 Å². The van der Waals surface area contributed by atoms with Gasteiger partial charge in [-0.1, -0.05) is 48.0 Å². The first-order valence-corrected chi connectivity index (χ1v) is 11.5. The van der Waals surface area contributed by atoms with Gasteiger partial charge in [0, 0.05) is 29.8 Å². The monoisotopic (exact) mass is 444 g/mol. The Bertz CT molecular complexity index is 1190. The van der Waals surface area contributed by atoms with Gasteiger partial charge in [0.1, 0.15) is 4.90 Å². The van der Waals surface area contributed by atoms with Gasteiger partial charge in [0.15, 0.2) is 0 Å². The molecule has 1 unspecified atom stereocenters. The molecule has 3 aromatic carbocycles. The zero-order valence-corrected chi connectivity index (χ0v) is 17.7. The fraction of sp³-hybridized carbons (Fsp3) is 0.227. The van der Waals surface area contributed by atoms with Crippen molar-refractivity contribution in [1.82, 2.24) is 4.72 Å². The molecule has 8 heteroatoms. The number of hydrogen-bond donors (Lipinski definition) is 2. The van der Waals surface area contributed by atoms with Crippen LogP contribution in [0.2, 0.25) is 5.02 Å². The van der Waals surface area contributed by atoms with E-state index in [1.165, 1.54) is 18.2 Å². The number of carbonyl (C=O) groups excluding carboxylic acids is 1. The van der Waals surface area contributed by atoms with Crippen molar-refractivity contribution in [3.05, 3.63) is 71.2 Å². The number of anilines is 1. The summed E-state index contributed by atoms with van der Waals surface area (Å²) in [5.41, 5.74) is 0.846. The van der Waals surface area contributed by atoms with Crippen LogP contribution < -0.4 is 10.0 Å². The Labute approximate surface area is 180 Å². The molecule has 2 N–H and O–H groups in total. The SMILES string of the molecule is O=C(Nc1cccc2ccccc12)c1ccc(Cl)c(S(=O)(=O)NCC2CCCO2)c1. The summed E-state index contributed by atoms with van der Waals surface area (Å²) >= 11 is 6.14. The standard InChI is InChI=1S/C22H21ClN2O4S/c23-19-11-10-16(13-21(19)30(27,28)24-14-17-7-4-12-29-17)22(26)25-20-9-3-6-15-5-1-2-8-18(15)20/h1-3,5-6,8-11,13,17,24H,4,7,12,14H2,(H,25,26). The average Bonchev–Trinajstić information content (AvgIpc) is 3.26. The second-order valence-electron chi connectivity index (χ2n) is 7.11. The molecule has 0 radical (unpaired) electrons. The van der Waals surface area contributed by atoms with Gasteiger partial charge in [-0.3, -0.25) is 4.79 Å². The Morgan fingerprint density at radius 2 is 1.90 bits per heavy atom. The number of hydrogen-bond acceptors (Lipinski definition) is 4. The molecule has 0 aromatic heterocycles. The molecular formula is C22H21ClN2O4S. The highest BCUT2D eigenvalue weighted by molar-refractivity contribution is 7.89. The van der Waals surface area contributed by atoms with Gasteiger partial charge in [0.05, 0.1) is 11.1 Å². The maximum Gasteiger partial charge on any atom is 0.255 e. The fourth-order valence-corrected chi connectivity index (χ4v) is 5.06. The zero-order chi connectivity index (χ0) is 21.1. The fourth-order valence-electron chi connectivity index (χ4n) is 3.47. The topological polar surface area (TPSA) is 84.5 Å². The molecule has 4 rings (SSSR count). The number of benzene rings is 3. The molecule has 0 saturated carbocycles. The van der Waals surface area contributed by atoms with Crippen molar-refractivity contribution in [2.75, 3.05) is 18.5 Å². The molecule has 0 spiro atoms. The van der Waals surface area contributed by atoms with E-state index >= 15 is 0 Å². The van der Waals surface area contributed by atoms with Gasteiger partial charge < -0.3 is 10.1 Å². The molecule has 1 amide bonds. The molecule has 1 aliphatic heterocycles. The van der Waals surface area contributed by atoms with Crippen molar-refractivity contribution in [2.45, 2.75) is 23.8 Å². The van der Waals surface area contributed by atoms with Gasteiger partial charge in [-0.05, 0) is 42.5 Å². The predicted octanol–water partition coefficient (Wildman–Crippen LogP) is 4.20. The lowest BCUT2D eigenvalue weighted by molar-refractivity contribution is 0.102. The molecule has 1 fully saturated rings. The molecule has 6 nitrogen and oxygen atoms in total. The number of nitrogens with one attached hydrogen (secondary N) is 2. The van der Waals surface area contributed by atoms with E-state index < -0.39 is 15.9 Å². The van der Waals surface area contributed by atoms with Crippen LogP contribution in [-0.4, -0.2) is 33.6 Å². The van der Waals surface area contributed by atoms with E-state index in [0.29, 0.717) is 12.3 Å². The number of halogens is 1. The first-order valence-electron chi connectivity index (χ1n) is 9.64. The Balaban J connectivity index is 1.56. The normalized spacial score (nSPS) is 16.6. The first-order chi connectivity index (χ1) is 14.4. The molecule has 1 heterocycles.